The first-order valence-electron chi connectivity index (χ1n) is 6.57. The number of thioether (sulfide) groups is 1. The fourth-order valence-electron chi connectivity index (χ4n) is 2.55. The van der Waals surface area contributed by atoms with Gasteiger partial charge in [0.25, 0.3) is 0 Å². The summed E-state index contributed by atoms with van der Waals surface area (Å²) in [7, 11) is 0. The van der Waals surface area contributed by atoms with Gasteiger partial charge in [-0.1, -0.05) is 30.3 Å². The zero-order valence-electron chi connectivity index (χ0n) is 11.1. The molecule has 0 radical (unpaired) electrons. The molecule has 0 amide bonds. The minimum atomic E-state index is -0.971. The van der Waals surface area contributed by atoms with Crippen LogP contribution in [0.3, 0.4) is 0 Å². The van der Waals surface area contributed by atoms with E-state index >= 15 is 0 Å². The first-order chi connectivity index (χ1) is 9.70. The molecule has 2 aliphatic rings. The number of aliphatic hydroxyl groups excluding tert-OH is 2. The van der Waals surface area contributed by atoms with E-state index in [0.717, 1.165) is 5.56 Å². The van der Waals surface area contributed by atoms with E-state index in [1.54, 1.807) is 0 Å². The van der Waals surface area contributed by atoms with Gasteiger partial charge in [-0.05, 0) is 6.26 Å². The fraction of sp³-hybridized carbons (Fsp3) is 0.571. The Hall–Kier alpha value is -0.630. The average molecular weight is 298 g/mol. The quantitative estimate of drug-likeness (QED) is 0.846. The van der Waals surface area contributed by atoms with Gasteiger partial charge in [0.15, 0.2) is 6.29 Å². The molecule has 6 heteroatoms. The lowest BCUT2D eigenvalue weighted by Gasteiger charge is -2.46. The topological polar surface area (TPSA) is 68.2 Å². The van der Waals surface area contributed by atoms with Crippen LogP contribution in [-0.4, -0.2) is 52.9 Å². The molecule has 1 aromatic carbocycles. The van der Waals surface area contributed by atoms with E-state index in [-0.39, 0.29) is 6.10 Å². The van der Waals surface area contributed by atoms with Crippen LogP contribution in [0, 0.1) is 0 Å². The number of rotatable bonds is 2. The van der Waals surface area contributed by atoms with Crippen molar-refractivity contribution in [1.29, 1.82) is 0 Å². The van der Waals surface area contributed by atoms with Crippen molar-refractivity contribution in [3.05, 3.63) is 35.9 Å². The molecule has 2 fully saturated rings. The molecular formula is C14H18O5S. The van der Waals surface area contributed by atoms with E-state index < -0.39 is 30.0 Å². The lowest BCUT2D eigenvalue weighted by molar-refractivity contribution is -0.318. The summed E-state index contributed by atoms with van der Waals surface area (Å²) in [5, 5.41) is 20.2. The third-order valence-electron chi connectivity index (χ3n) is 3.64. The molecule has 2 N–H and O–H groups in total. The highest BCUT2D eigenvalue weighted by atomic mass is 32.2. The van der Waals surface area contributed by atoms with E-state index in [1.165, 1.54) is 11.8 Å². The summed E-state index contributed by atoms with van der Waals surface area (Å²) >= 11 is 1.37. The van der Waals surface area contributed by atoms with Crippen molar-refractivity contribution in [2.45, 2.75) is 36.1 Å². The average Bonchev–Trinajstić information content (AvgIpc) is 2.51. The van der Waals surface area contributed by atoms with Crippen molar-refractivity contribution in [3.8, 4) is 0 Å². The molecule has 0 aromatic heterocycles. The fourth-order valence-corrected chi connectivity index (χ4v) is 3.25. The maximum atomic E-state index is 10.2. The maximum Gasteiger partial charge on any atom is 0.184 e. The molecule has 110 valence electrons. The van der Waals surface area contributed by atoms with Gasteiger partial charge in [-0.2, -0.15) is 0 Å². The summed E-state index contributed by atoms with van der Waals surface area (Å²) in [6, 6.07) is 9.53. The van der Waals surface area contributed by atoms with Crippen molar-refractivity contribution < 1.29 is 24.4 Å². The van der Waals surface area contributed by atoms with E-state index in [0.29, 0.717) is 6.61 Å². The molecule has 6 atom stereocenters. The normalized spacial score (nSPS) is 41.1. The number of ether oxygens (including phenoxy) is 3. The predicted molar refractivity (Wildman–Crippen MR) is 74.2 cm³/mol. The molecule has 6 unspecified atom stereocenters. The van der Waals surface area contributed by atoms with Crippen LogP contribution in [0.15, 0.2) is 30.3 Å². The van der Waals surface area contributed by atoms with E-state index in [9.17, 15) is 10.2 Å². The molecule has 5 nitrogen and oxygen atoms in total. The van der Waals surface area contributed by atoms with Crippen LogP contribution in [-0.2, 0) is 14.2 Å². The van der Waals surface area contributed by atoms with Crippen LogP contribution in [0.1, 0.15) is 11.9 Å². The lowest BCUT2D eigenvalue weighted by Crippen LogP contribution is -2.60. The molecule has 0 saturated carbocycles. The van der Waals surface area contributed by atoms with E-state index in [4.69, 9.17) is 14.2 Å². The van der Waals surface area contributed by atoms with Gasteiger partial charge in [0.2, 0.25) is 0 Å². The van der Waals surface area contributed by atoms with Gasteiger partial charge in [0.1, 0.15) is 29.9 Å². The Morgan fingerprint density at radius 2 is 1.85 bits per heavy atom. The molecule has 0 bridgehead atoms. The maximum absolute atomic E-state index is 10.2. The second-order valence-corrected chi connectivity index (χ2v) is 5.87. The number of hydrogen-bond acceptors (Lipinski definition) is 6. The van der Waals surface area contributed by atoms with Crippen LogP contribution >= 0.6 is 11.8 Å². The third kappa shape index (κ3) is 2.59. The Bertz CT molecular complexity index is 440. The summed E-state index contributed by atoms with van der Waals surface area (Å²) in [4.78, 5) is 0. The minimum absolute atomic E-state index is 0.338. The summed E-state index contributed by atoms with van der Waals surface area (Å²) in [6.07, 6.45) is -1.56. The number of fused-ring (bicyclic) bond motifs is 1. The summed E-state index contributed by atoms with van der Waals surface area (Å²) in [5.41, 5.74) is 0.436. The Balaban J connectivity index is 1.74. The Kier molecular flexibility index (Phi) is 4.30. The molecule has 3 rings (SSSR count). The zero-order chi connectivity index (χ0) is 14.1. The van der Waals surface area contributed by atoms with Crippen molar-refractivity contribution in [1.82, 2.24) is 0 Å². The molecule has 20 heavy (non-hydrogen) atoms. The van der Waals surface area contributed by atoms with Crippen molar-refractivity contribution in [2.24, 2.45) is 0 Å². The van der Waals surface area contributed by atoms with Crippen molar-refractivity contribution in [2.75, 3.05) is 12.9 Å². The van der Waals surface area contributed by atoms with E-state index in [2.05, 4.69) is 0 Å². The van der Waals surface area contributed by atoms with Gasteiger partial charge >= 0.3 is 0 Å². The summed E-state index contributed by atoms with van der Waals surface area (Å²) in [6.45, 7) is 0.338. The molecule has 0 spiro atoms. The highest BCUT2D eigenvalue weighted by Gasteiger charge is 2.48. The molecule has 2 aliphatic heterocycles. The minimum Gasteiger partial charge on any atom is -0.387 e. The van der Waals surface area contributed by atoms with Gasteiger partial charge in [0, 0.05) is 5.56 Å². The van der Waals surface area contributed by atoms with Crippen LogP contribution < -0.4 is 0 Å². The summed E-state index contributed by atoms with van der Waals surface area (Å²) in [5.74, 6) is 0. The molecule has 2 saturated heterocycles. The summed E-state index contributed by atoms with van der Waals surface area (Å²) < 4.78 is 17.2. The Morgan fingerprint density at radius 1 is 1.10 bits per heavy atom. The van der Waals surface area contributed by atoms with Gasteiger partial charge in [-0.15, -0.1) is 11.8 Å². The first-order valence-corrected chi connectivity index (χ1v) is 7.86. The SMILES string of the molecule is CSC1OC2COC(c3ccccc3)OC2C(O)C1O. The first kappa shape index (κ1) is 14.3. The molecule has 0 aliphatic carbocycles. The monoisotopic (exact) mass is 298 g/mol. The van der Waals surface area contributed by atoms with Crippen LogP contribution in [0.25, 0.3) is 0 Å². The van der Waals surface area contributed by atoms with Crippen molar-refractivity contribution in [3.63, 3.8) is 0 Å². The Morgan fingerprint density at radius 3 is 2.55 bits per heavy atom. The molecular weight excluding hydrogens is 280 g/mol. The van der Waals surface area contributed by atoms with Crippen molar-refractivity contribution >= 4 is 11.8 Å². The highest BCUT2D eigenvalue weighted by Crippen LogP contribution is 2.35. The molecule has 1 aromatic rings. The highest BCUT2D eigenvalue weighted by molar-refractivity contribution is 7.99. The van der Waals surface area contributed by atoms with Gasteiger partial charge in [-0.25, -0.2) is 0 Å². The predicted octanol–water partition coefficient (Wildman–Crippen LogP) is 0.910. The second kappa shape index (κ2) is 6.01. The smallest absolute Gasteiger partial charge is 0.184 e. The number of aliphatic hydroxyl groups is 2. The van der Waals surface area contributed by atoms with Crippen LogP contribution in [0.4, 0.5) is 0 Å². The lowest BCUT2D eigenvalue weighted by atomic mass is 9.99. The number of benzene rings is 1. The van der Waals surface area contributed by atoms with E-state index in [1.807, 2.05) is 36.6 Å². The third-order valence-corrected chi connectivity index (χ3v) is 4.49. The van der Waals surface area contributed by atoms with Gasteiger partial charge in [-0.3, -0.25) is 0 Å². The number of hydrogen-bond donors (Lipinski definition) is 2. The van der Waals surface area contributed by atoms with Gasteiger partial charge < -0.3 is 24.4 Å². The van der Waals surface area contributed by atoms with Crippen LogP contribution in [0.2, 0.25) is 0 Å². The second-order valence-electron chi connectivity index (χ2n) is 4.94. The Labute approximate surface area is 121 Å². The zero-order valence-corrected chi connectivity index (χ0v) is 11.9. The standard InChI is InChI=1S/C14H18O5S/c1-20-14-11(16)10(15)12-9(18-14)7-17-13(19-12)8-5-3-2-4-6-8/h2-6,9-16H,7H2,1H3. The molecule has 2 heterocycles. The largest absolute Gasteiger partial charge is 0.387 e. The van der Waals surface area contributed by atoms with Crippen LogP contribution in [0.5, 0.6) is 0 Å². The van der Waals surface area contributed by atoms with Gasteiger partial charge in [0.05, 0.1) is 6.61 Å².